The Morgan fingerprint density at radius 3 is 2.23 bits per heavy atom. The fraction of sp³-hybridized carbons (Fsp3) is 0.533. The fourth-order valence-corrected chi connectivity index (χ4v) is 2.42. The third kappa shape index (κ3) is 3.29. The van der Waals surface area contributed by atoms with Crippen LogP contribution in [0.15, 0.2) is 6.07 Å². The van der Waals surface area contributed by atoms with Gasteiger partial charge in [-0.3, -0.25) is 0 Å². The lowest BCUT2D eigenvalue weighted by Crippen LogP contribution is -2.24. The first kappa shape index (κ1) is 16.1. The van der Waals surface area contributed by atoms with Crippen molar-refractivity contribution in [3.8, 4) is 0 Å². The van der Waals surface area contributed by atoms with Gasteiger partial charge in [0, 0.05) is 13.1 Å². The number of hydrogen-bond acceptors (Lipinski definition) is 7. The minimum atomic E-state index is -0.592. The Bertz CT molecular complexity index is 568. The van der Waals surface area contributed by atoms with Crippen LogP contribution in [0.5, 0.6) is 0 Å². The molecule has 22 heavy (non-hydrogen) atoms. The average molecular weight is 307 g/mol. The van der Waals surface area contributed by atoms with Crippen molar-refractivity contribution < 1.29 is 19.1 Å². The van der Waals surface area contributed by atoms with Crippen molar-refractivity contribution in [1.29, 1.82) is 0 Å². The van der Waals surface area contributed by atoms with E-state index >= 15 is 0 Å². The number of nitrogen functional groups attached to an aromatic ring is 1. The lowest BCUT2D eigenvalue weighted by atomic mass is 10.1. The third-order valence-corrected chi connectivity index (χ3v) is 3.43. The summed E-state index contributed by atoms with van der Waals surface area (Å²) in [4.78, 5) is 30.4. The molecule has 1 aliphatic rings. The number of ether oxygens (including phenoxy) is 2. The Balaban J connectivity index is 2.46. The number of carbonyl (C=O) groups is 2. The maximum atomic E-state index is 12.2. The van der Waals surface area contributed by atoms with Crippen LogP contribution in [-0.4, -0.2) is 43.2 Å². The average Bonchev–Trinajstić information content (AvgIpc) is 3.01. The van der Waals surface area contributed by atoms with E-state index in [9.17, 15) is 9.59 Å². The Morgan fingerprint density at radius 1 is 1.14 bits per heavy atom. The first-order chi connectivity index (χ1) is 10.6. The first-order valence-electron chi connectivity index (χ1n) is 7.48. The molecule has 1 fully saturated rings. The zero-order chi connectivity index (χ0) is 16.1. The highest BCUT2D eigenvalue weighted by atomic mass is 16.5. The number of nitrogens with zero attached hydrogens (tertiary/aromatic N) is 2. The van der Waals surface area contributed by atoms with Crippen LogP contribution in [0.3, 0.4) is 0 Å². The van der Waals surface area contributed by atoms with Gasteiger partial charge in [-0.25, -0.2) is 14.6 Å². The van der Waals surface area contributed by atoms with Gasteiger partial charge in [-0.1, -0.05) is 0 Å². The summed E-state index contributed by atoms with van der Waals surface area (Å²) in [7, 11) is 0. The summed E-state index contributed by atoms with van der Waals surface area (Å²) >= 11 is 0. The van der Waals surface area contributed by atoms with Gasteiger partial charge in [-0.05, 0) is 32.8 Å². The Hall–Kier alpha value is -2.31. The van der Waals surface area contributed by atoms with Gasteiger partial charge in [0.15, 0.2) is 0 Å². The van der Waals surface area contributed by atoms with E-state index < -0.39 is 11.9 Å². The summed E-state index contributed by atoms with van der Waals surface area (Å²) < 4.78 is 10.0. The molecule has 0 unspecified atom stereocenters. The Kier molecular flexibility index (Phi) is 5.19. The first-order valence-corrected chi connectivity index (χ1v) is 7.48. The molecular formula is C15H21N3O4. The van der Waals surface area contributed by atoms with E-state index in [-0.39, 0.29) is 30.2 Å². The van der Waals surface area contributed by atoms with Crippen LogP contribution < -0.4 is 10.6 Å². The molecule has 1 saturated heterocycles. The Morgan fingerprint density at radius 2 is 1.68 bits per heavy atom. The second kappa shape index (κ2) is 7.11. The number of esters is 2. The molecule has 120 valence electrons. The van der Waals surface area contributed by atoms with Gasteiger partial charge in [0.2, 0.25) is 0 Å². The topological polar surface area (TPSA) is 94.8 Å². The summed E-state index contributed by atoms with van der Waals surface area (Å²) in [5.74, 6) is -0.566. The van der Waals surface area contributed by atoms with Crippen molar-refractivity contribution in [2.45, 2.75) is 26.7 Å². The van der Waals surface area contributed by atoms with Crippen molar-refractivity contribution in [1.82, 2.24) is 4.98 Å². The van der Waals surface area contributed by atoms with E-state index in [0.29, 0.717) is 5.82 Å². The highest BCUT2D eigenvalue weighted by molar-refractivity contribution is 6.01. The third-order valence-electron chi connectivity index (χ3n) is 3.43. The van der Waals surface area contributed by atoms with E-state index in [1.807, 2.05) is 4.90 Å². The summed E-state index contributed by atoms with van der Waals surface area (Å²) in [5.41, 5.74) is 6.21. The van der Waals surface area contributed by atoms with Crippen molar-refractivity contribution in [3.63, 3.8) is 0 Å². The van der Waals surface area contributed by atoms with E-state index in [1.165, 1.54) is 6.07 Å². The van der Waals surface area contributed by atoms with Crippen LogP contribution in [0.2, 0.25) is 0 Å². The number of nitrogens with two attached hydrogens (primary N) is 1. The predicted octanol–water partition coefficient (Wildman–Crippen LogP) is 1.62. The number of anilines is 2. The largest absolute Gasteiger partial charge is 0.462 e. The van der Waals surface area contributed by atoms with E-state index in [1.54, 1.807) is 13.8 Å². The number of carbonyl (C=O) groups excluding carboxylic acids is 2. The molecule has 1 aromatic rings. The maximum Gasteiger partial charge on any atom is 0.341 e. The second-order valence-corrected chi connectivity index (χ2v) is 4.93. The molecule has 0 bridgehead atoms. The fourth-order valence-electron chi connectivity index (χ4n) is 2.42. The second-order valence-electron chi connectivity index (χ2n) is 4.93. The molecule has 0 spiro atoms. The lowest BCUT2D eigenvalue weighted by molar-refractivity contribution is 0.0526. The molecule has 0 aliphatic carbocycles. The van der Waals surface area contributed by atoms with Gasteiger partial charge in [-0.15, -0.1) is 0 Å². The molecule has 7 heteroatoms. The van der Waals surface area contributed by atoms with Crippen LogP contribution >= 0.6 is 0 Å². The van der Waals surface area contributed by atoms with Crippen molar-refractivity contribution in [2.24, 2.45) is 0 Å². The zero-order valence-electron chi connectivity index (χ0n) is 12.9. The normalized spacial score (nSPS) is 14.0. The van der Waals surface area contributed by atoms with Gasteiger partial charge in [0.1, 0.15) is 22.8 Å². The van der Waals surface area contributed by atoms with E-state index in [2.05, 4.69) is 4.98 Å². The molecule has 0 saturated carbocycles. The molecule has 0 atom stereocenters. The van der Waals surface area contributed by atoms with Gasteiger partial charge in [0.05, 0.1) is 13.2 Å². The summed E-state index contributed by atoms with van der Waals surface area (Å²) in [6, 6.07) is 1.42. The van der Waals surface area contributed by atoms with Crippen LogP contribution in [0.25, 0.3) is 0 Å². The molecule has 1 aromatic heterocycles. The van der Waals surface area contributed by atoms with Crippen LogP contribution in [0, 0.1) is 0 Å². The molecule has 2 rings (SSSR count). The van der Waals surface area contributed by atoms with Crippen LogP contribution in [0.4, 0.5) is 11.6 Å². The maximum absolute atomic E-state index is 12.2. The summed E-state index contributed by atoms with van der Waals surface area (Å²) in [6.45, 7) is 5.50. The number of hydrogen-bond donors (Lipinski definition) is 1. The van der Waals surface area contributed by atoms with Crippen LogP contribution in [0.1, 0.15) is 47.4 Å². The van der Waals surface area contributed by atoms with Crippen molar-refractivity contribution >= 4 is 23.6 Å². The highest BCUT2D eigenvalue weighted by Crippen LogP contribution is 2.27. The SMILES string of the molecule is CCOC(=O)c1cc(C(=O)OCC)c(N2CCCC2)nc1N. The zero-order valence-corrected chi connectivity index (χ0v) is 12.9. The van der Waals surface area contributed by atoms with Gasteiger partial charge in [-0.2, -0.15) is 0 Å². The van der Waals surface area contributed by atoms with E-state index in [4.69, 9.17) is 15.2 Å². The van der Waals surface area contributed by atoms with Gasteiger partial charge in [0.25, 0.3) is 0 Å². The molecule has 7 nitrogen and oxygen atoms in total. The summed E-state index contributed by atoms with van der Waals surface area (Å²) in [6.07, 6.45) is 2.06. The van der Waals surface area contributed by atoms with E-state index in [0.717, 1.165) is 25.9 Å². The quantitative estimate of drug-likeness (QED) is 0.826. The standard InChI is InChI=1S/C15H21N3O4/c1-3-21-14(19)10-9-11(15(20)22-4-2)13(17-12(10)16)18-7-5-6-8-18/h9H,3-8H2,1-2H3,(H2,16,17). The van der Waals surface area contributed by atoms with Crippen molar-refractivity contribution in [2.75, 3.05) is 36.9 Å². The minimum absolute atomic E-state index is 0.0633. The molecule has 0 amide bonds. The molecule has 0 radical (unpaired) electrons. The monoisotopic (exact) mass is 307 g/mol. The molecule has 0 aromatic carbocycles. The number of pyridine rings is 1. The van der Waals surface area contributed by atoms with Crippen molar-refractivity contribution in [3.05, 3.63) is 17.2 Å². The lowest BCUT2D eigenvalue weighted by Gasteiger charge is -2.20. The number of rotatable bonds is 5. The van der Waals surface area contributed by atoms with Gasteiger partial charge >= 0.3 is 11.9 Å². The predicted molar refractivity (Wildman–Crippen MR) is 82.0 cm³/mol. The highest BCUT2D eigenvalue weighted by Gasteiger charge is 2.26. The van der Waals surface area contributed by atoms with Gasteiger partial charge < -0.3 is 20.1 Å². The number of aromatic nitrogens is 1. The molecule has 2 heterocycles. The smallest absolute Gasteiger partial charge is 0.341 e. The molecular weight excluding hydrogens is 286 g/mol. The minimum Gasteiger partial charge on any atom is -0.462 e. The molecule has 1 aliphatic heterocycles. The molecule has 2 N–H and O–H groups in total. The Labute approximate surface area is 129 Å². The van der Waals surface area contributed by atoms with Crippen LogP contribution in [-0.2, 0) is 9.47 Å². The summed E-state index contributed by atoms with van der Waals surface area (Å²) in [5, 5.41) is 0.